The van der Waals surface area contributed by atoms with E-state index in [4.69, 9.17) is 9.84 Å². The van der Waals surface area contributed by atoms with Crippen molar-refractivity contribution in [2.75, 3.05) is 29.9 Å². The average Bonchev–Trinajstić information content (AvgIpc) is 3.40. The van der Waals surface area contributed by atoms with Crippen LogP contribution in [0.2, 0.25) is 0 Å². The molecule has 1 saturated carbocycles. The van der Waals surface area contributed by atoms with Crippen LogP contribution in [0.5, 0.6) is 0 Å². The van der Waals surface area contributed by atoms with Crippen molar-refractivity contribution in [1.82, 2.24) is 4.98 Å². The third-order valence-corrected chi connectivity index (χ3v) is 4.41. The summed E-state index contributed by atoms with van der Waals surface area (Å²) in [4.78, 5) is 17.7. The van der Waals surface area contributed by atoms with Crippen molar-refractivity contribution in [1.29, 1.82) is 0 Å². The molecule has 0 radical (unpaired) electrons. The summed E-state index contributed by atoms with van der Waals surface area (Å²) >= 11 is 0. The molecule has 1 aromatic heterocycles. The van der Waals surface area contributed by atoms with Crippen LogP contribution in [-0.4, -0.2) is 42.0 Å². The van der Waals surface area contributed by atoms with Crippen molar-refractivity contribution in [3.8, 4) is 0 Å². The number of fused-ring (bicyclic) bond motifs is 1. The number of benzene rings is 1. The van der Waals surface area contributed by atoms with Crippen LogP contribution >= 0.6 is 0 Å². The van der Waals surface area contributed by atoms with Crippen LogP contribution in [0.25, 0.3) is 10.9 Å². The number of rotatable bonds is 4. The molecule has 0 bridgehead atoms. The highest BCUT2D eigenvalue weighted by atomic mass is 16.5. The molecule has 2 heterocycles. The summed E-state index contributed by atoms with van der Waals surface area (Å²) in [6.07, 6.45) is 4.72. The Kier molecular flexibility index (Phi) is 5.93. The van der Waals surface area contributed by atoms with Crippen molar-refractivity contribution in [2.24, 2.45) is 0 Å². The van der Waals surface area contributed by atoms with Gasteiger partial charge >= 0.3 is 6.09 Å². The van der Waals surface area contributed by atoms with Crippen molar-refractivity contribution in [3.63, 3.8) is 0 Å². The summed E-state index contributed by atoms with van der Waals surface area (Å²) in [5.41, 5.74) is 3.38. The minimum absolute atomic E-state index is 0.275. The van der Waals surface area contributed by atoms with Crippen LogP contribution in [0.15, 0.2) is 24.3 Å². The lowest BCUT2D eigenvalue weighted by atomic mass is 10.1. The molecule has 1 atom stereocenters. The van der Waals surface area contributed by atoms with Crippen LogP contribution in [0, 0.1) is 6.92 Å². The van der Waals surface area contributed by atoms with Crippen molar-refractivity contribution in [2.45, 2.75) is 45.6 Å². The molecule has 1 saturated heterocycles. The Morgan fingerprint density at radius 3 is 2.77 bits per heavy atom. The Hall–Kier alpha value is -2.34. The molecule has 2 aromatic rings. The topological polar surface area (TPSA) is 74.7 Å². The summed E-state index contributed by atoms with van der Waals surface area (Å²) in [6.45, 7) is 6.54. The molecule has 1 amide bonds. The Morgan fingerprint density at radius 1 is 1.35 bits per heavy atom. The predicted octanol–water partition coefficient (Wildman–Crippen LogP) is 4.42. The van der Waals surface area contributed by atoms with Gasteiger partial charge in [0.25, 0.3) is 0 Å². The minimum atomic E-state index is -1.07. The predicted molar refractivity (Wildman–Crippen MR) is 104 cm³/mol. The Morgan fingerprint density at radius 2 is 2.12 bits per heavy atom. The number of anilines is 2. The SMILES string of the molecule is C1CC1.CCO[C@H]1CCN(c2cc(C)nc3cc(NC(=O)O)ccc23)C1. The van der Waals surface area contributed by atoms with Gasteiger partial charge in [-0.05, 0) is 44.5 Å². The molecule has 2 fully saturated rings. The summed E-state index contributed by atoms with van der Waals surface area (Å²) in [5.74, 6) is 0. The number of nitrogens with zero attached hydrogens (tertiary/aromatic N) is 2. The maximum Gasteiger partial charge on any atom is 0.409 e. The van der Waals surface area contributed by atoms with Gasteiger partial charge in [0.1, 0.15) is 0 Å². The Bertz CT molecular complexity index is 773. The highest BCUT2D eigenvalue weighted by molar-refractivity contribution is 5.95. The number of aryl methyl sites for hydroxylation is 1. The highest BCUT2D eigenvalue weighted by Crippen LogP contribution is 2.31. The zero-order valence-corrected chi connectivity index (χ0v) is 15.5. The minimum Gasteiger partial charge on any atom is -0.465 e. The van der Waals surface area contributed by atoms with Gasteiger partial charge in [-0.1, -0.05) is 19.3 Å². The second-order valence-electron chi connectivity index (χ2n) is 6.82. The molecule has 6 heteroatoms. The number of nitrogens with one attached hydrogen (secondary N) is 1. The first-order valence-electron chi connectivity index (χ1n) is 9.34. The third-order valence-electron chi connectivity index (χ3n) is 4.41. The van der Waals surface area contributed by atoms with Crippen molar-refractivity contribution < 1.29 is 14.6 Å². The Labute approximate surface area is 154 Å². The fourth-order valence-electron chi connectivity index (χ4n) is 3.12. The van der Waals surface area contributed by atoms with Gasteiger partial charge in [0.2, 0.25) is 0 Å². The Balaban J connectivity index is 0.000000592. The van der Waals surface area contributed by atoms with E-state index in [0.29, 0.717) is 5.69 Å². The summed E-state index contributed by atoms with van der Waals surface area (Å²) < 4.78 is 5.73. The van der Waals surface area contributed by atoms with E-state index in [9.17, 15) is 4.79 Å². The van der Waals surface area contributed by atoms with Gasteiger partial charge < -0.3 is 14.7 Å². The van der Waals surface area contributed by atoms with E-state index in [2.05, 4.69) is 21.3 Å². The lowest BCUT2D eigenvalue weighted by molar-refractivity contribution is 0.0788. The number of aromatic nitrogens is 1. The molecule has 4 rings (SSSR count). The molecule has 1 aromatic carbocycles. The molecule has 6 nitrogen and oxygen atoms in total. The molecule has 0 spiro atoms. The highest BCUT2D eigenvalue weighted by Gasteiger charge is 2.24. The van der Waals surface area contributed by atoms with Crippen molar-refractivity contribution in [3.05, 3.63) is 30.0 Å². The van der Waals surface area contributed by atoms with Gasteiger partial charge in [-0.2, -0.15) is 0 Å². The van der Waals surface area contributed by atoms with Crippen LogP contribution in [0.4, 0.5) is 16.2 Å². The molecule has 2 aliphatic rings. The molecule has 26 heavy (non-hydrogen) atoms. The largest absolute Gasteiger partial charge is 0.465 e. The van der Waals surface area contributed by atoms with E-state index in [1.54, 1.807) is 12.1 Å². The fraction of sp³-hybridized carbons (Fsp3) is 0.500. The average molecular weight is 357 g/mol. The zero-order chi connectivity index (χ0) is 18.5. The normalized spacial score (nSPS) is 18.4. The number of hydrogen-bond acceptors (Lipinski definition) is 4. The van der Waals surface area contributed by atoms with E-state index in [-0.39, 0.29) is 6.10 Å². The summed E-state index contributed by atoms with van der Waals surface area (Å²) in [5, 5.41) is 12.3. The molecule has 0 unspecified atom stereocenters. The number of ether oxygens (including phenoxy) is 1. The second kappa shape index (κ2) is 8.36. The van der Waals surface area contributed by atoms with E-state index < -0.39 is 6.09 Å². The molecule has 1 aliphatic heterocycles. The van der Waals surface area contributed by atoms with Crippen LogP contribution in [0.3, 0.4) is 0 Å². The maximum absolute atomic E-state index is 10.8. The lowest BCUT2D eigenvalue weighted by Gasteiger charge is -2.21. The number of carboxylic acid groups (broad SMARTS) is 1. The molecular formula is C20H27N3O3. The monoisotopic (exact) mass is 357 g/mol. The van der Waals surface area contributed by atoms with Gasteiger partial charge in [0.05, 0.1) is 11.6 Å². The van der Waals surface area contributed by atoms with E-state index in [1.165, 1.54) is 19.3 Å². The molecular weight excluding hydrogens is 330 g/mol. The first-order chi connectivity index (χ1) is 12.6. The number of hydrogen-bond donors (Lipinski definition) is 2. The smallest absolute Gasteiger partial charge is 0.409 e. The first-order valence-corrected chi connectivity index (χ1v) is 9.34. The number of pyridine rings is 1. The van der Waals surface area contributed by atoms with Crippen LogP contribution in [0.1, 0.15) is 38.3 Å². The van der Waals surface area contributed by atoms with Crippen molar-refractivity contribution >= 4 is 28.4 Å². The standard InChI is InChI=1S/C17H21N3O3.C3H6/c1-3-23-13-6-7-20(10-13)16-8-11(2)18-15-9-12(19-17(21)22)4-5-14(15)16;1-2-3-1/h4-5,8-9,13,19H,3,6-7,10H2,1-2H3,(H,21,22);1-3H2/t13-;/m0./s1. The van der Waals surface area contributed by atoms with Gasteiger partial charge in [-0.3, -0.25) is 10.3 Å². The van der Waals surface area contributed by atoms with Crippen LogP contribution in [-0.2, 0) is 4.74 Å². The van der Waals surface area contributed by atoms with Crippen LogP contribution < -0.4 is 10.2 Å². The van der Waals surface area contributed by atoms with Gasteiger partial charge in [0.15, 0.2) is 0 Å². The maximum atomic E-state index is 10.8. The zero-order valence-electron chi connectivity index (χ0n) is 15.5. The van der Waals surface area contributed by atoms with E-state index >= 15 is 0 Å². The third kappa shape index (κ3) is 4.85. The molecule has 1 aliphatic carbocycles. The van der Waals surface area contributed by atoms with E-state index in [1.807, 2.05) is 19.9 Å². The molecule has 2 N–H and O–H groups in total. The second-order valence-corrected chi connectivity index (χ2v) is 6.82. The summed E-state index contributed by atoms with van der Waals surface area (Å²) in [7, 11) is 0. The van der Waals surface area contributed by atoms with Gasteiger partial charge in [-0.25, -0.2) is 4.79 Å². The summed E-state index contributed by atoms with van der Waals surface area (Å²) in [6, 6.07) is 7.56. The fourth-order valence-corrected chi connectivity index (χ4v) is 3.12. The lowest BCUT2D eigenvalue weighted by Crippen LogP contribution is -2.23. The first kappa shape index (κ1) is 18.5. The molecule has 140 valence electrons. The van der Waals surface area contributed by atoms with Gasteiger partial charge in [-0.15, -0.1) is 0 Å². The number of amides is 1. The number of carbonyl (C=O) groups is 1. The quantitative estimate of drug-likeness (QED) is 0.847. The van der Waals surface area contributed by atoms with E-state index in [0.717, 1.165) is 48.4 Å². The van der Waals surface area contributed by atoms with Gasteiger partial charge in [0, 0.05) is 42.2 Å².